The second kappa shape index (κ2) is 4.82. The number of hydrogen-bond acceptors (Lipinski definition) is 3. The van der Waals surface area contributed by atoms with Gasteiger partial charge in [-0.25, -0.2) is 9.37 Å². The van der Waals surface area contributed by atoms with Crippen molar-refractivity contribution in [3.8, 4) is 17.0 Å². The van der Waals surface area contributed by atoms with Crippen LogP contribution in [0.5, 0.6) is 5.88 Å². The van der Waals surface area contributed by atoms with Crippen LogP contribution in [0.3, 0.4) is 0 Å². The lowest BCUT2D eigenvalue weighted by molar-refractivity contribution is -0.0524. The highest BCUT2D eigenvalue weighted by Crippen LogP contribution is 2.29. The first-order chi connectivity index (χ1) is 8.16. The number of alkyl halides is 2. The van der Waals surface area contributed by atoms with Crippen molar-refractivity contribution < 1.29 is 17.9 Å². The predicted octanol–water partition coefficient (Wildman–Crippen LogP) is 2.88. The highest BCUT2D eigenvalue weighted by molar-refractivity contribution is 5.67. The van der Waals surface area contributed by atoms with Gasteiger partial charge in [0, 0.05) is 18.0 Å². The predicted molar refractivity (Wildman–Crippen MR) is 54.1 cm³/mol. The van der Waals surface area contributed by atoms with Gasteiger partial charge in [0.2, 0.25) is 5.88 Å². The summed E-state index contributed by atoms with van der Waals surface area (Å²) in [5.74, 6) is -0.939. The molecule has 2 aromatic rings. The third-order valence-electron chi connectivity index (χ3n) is 2.01. The zero-order chi connectivity index (χ0) is 12.3. The van der Waals surface area contributed by atoms with Crippen LogP contribution in [0, 0.1) is 5.82 Å². The summed E-state index contributed by atoms with van der Waals surface area (Å²) in [6.07, 6.45) is 3.75. The van der Waals surface area contributed by atoms with E-state index in [0.29, 0.717) is 5.56 Å². The Hall–Kier alpha value is -2.11. The second-order valence-electron chi connectivity index (χ2n) is 3.12. The molecule has 0 spiro atoms. The molecule has 0 fully saturated rings. The van der Waals surface area contributed by atoms with Crippen LogP contribution in [0.4, 0.5) is 13.2 Å². The smallest absolute Gasteiger partial charge is 0.388 e. The largest absolute Gasteiger partial charge is 0.416 e. The van der Waals surface area contributed by atoms with Gasteiger partial charge in [-0.05, 0) is 23.8 Å². The zero-order valence-corrected chi connectivity index (χ0v) is 8.48. The maximum Gasteiger partial charge on any atom is 0.388 e. The fourth-order valence-electron chi connectivity index (χ4n) is 1.34. The summed E-state index contributed by atoms with van der Waals surface area (Å²) in [5, 5.41) is 0. The fraction of sp³-hybridized carbons (Fsp3) is 0.0909. The SMILES string of the molecule is Fc1cnc(OC(F)F)c(-c2ccncc2)c1. The fourth-order valence-corrected chi connectivity index (χ4v) is 1.34. The molecule has 0 atom stereocenters. The van der Waals surface area contributed by atoms with Crippen LogP contribution in [-0.4, -0.2) is 16.6 Å². The molecule has 0 aromatic carbocycles. The topological polar surface area (TPSA) is 35.0 Å². The third-order valence-corrected chi connectivity index (χ3v) is 2.01. The van der Waals surface area contributed by atoms with E-state index in [0.717, 1.165) is 12.3 Å². The van der Waals surface area contributed by atoms with Gasteiger partial charge < -0.3 is 4.74 Å². The lowest BCUT2D eigenvalue weighted by atomic mass is 10.1. The summed E-state index contributed by atoms with van der Waals surface area (Å²) in [4.78, 5) is 7.28. The van der Waals surface area contributed by atoms with Crippen molar-refractivity contribution in [1.29, 1.82) is 0 Å². The van der Waals surface area contributed by atoms with Crippen molar-refractivity contribution in [3.05, 3.63) is 42.6 Å². The molecule has 88 valence electrons. The molecule has 0 unspecified atom stereocenters. The first-order valence-electron chi connectivity index (χ1n) is 4.67. The second-order valence-corrected chi connectivity index (χ2v) is 3.12. The summed E-state index contributed by atoms with van der Waals surface area (Å²) in [6, 6.07) is 4.18. The van der Waals surface area contributed by atoms with E-state index in [2.05, 4.69) is 14.7 Å². The normalized spacial score (nSPS) is 10.6. The Morgan fingerprint density at radius 2 is 1.88 bits per heavy atom. The minimum Gasteiger partial charge on any atom is -0.416 e. The molecule has 2 rings (SSSR count). The number of aromatic nitrogens is 2. The molecule has 3 nitrogen and oxygen atoms in total. The van der Waals surface area contributed by atoms with Crippen LogP contribution in [-0.2, 0) is 0 Å². The monoisotopic (exact) mass is 240 g/mol. The zero-order valence-electron chi connectivity index (χ0n) is 8.48. The molecular weight excluding hydrogens is 233 g/mol. The van der Waals surface area contributed by atoms with Gasteiger partial charge in [-0.2, -0.15) is 8.78 Å². The van der Waals surface area contributed by atoms with E-state index in [1.165, 1.54) is 12.4 Å². The van der Waals surface area contributed by atoms with Gasteiger partial charge >= 0.3 is 6.61 Å². The van der Waals surface area contributed by atoms with E-state index in [1.54, 1.807) is 12.1 Å². The van der Waals surface area contributed by atoms with Crippen LogP contribution < -0.4 is 4.74 Å². The number of nitrogens with zero attached hydrogens (tertiary/aromatic N) is 2. The lowest BCUT2D eigenvalue weighted by Gasteiger charge is -2.09. The molecule has 0 aliphatic carbocycles. The van der Waals surface area contributed by atoms with E-state index >= 15 is 0 Å². The number of ether oxygens (including phenoxy) is 1. The summed E-state index contributed by atoms with van der Waals surface area (Å²) in [5.41, 5.74) is 0.662. The number of pyridine rings is 2. The van der Waals surface area contributed by atoms with Crippen molar-refractivity contribution in [2.45, 2.75) is 6.61 Å². The molecular formula is C11H7F3N2O. The number of rotatable bonds is 3. The average molecular weight is 240 g/mol. The van der Waals surface area contributed by atoms with Crippen molar-refractivity contribution in [2.24, 2.45) is 0 Å². The maximum absolute atomic E-state index is 13.0. The first-order valence-corrected chi connectivity index (χ1v) is 4.67. The Morgan fingerprint density at radius 3 is 2.53 bits per heavy atom. The van der Waals surface area contributed by atoms with E-state index in [9.17, 15) is 13.2 Å². The van der Waals surface area contributed by atoms with Gasteiger partial charge in [0.05, 0.1) is 6.20 Å². The summed E-state index contributed by atoms with van der Waals surface area (Å²) >= 11 is 0. The summed E-state index contributed by atoms with van der Waals surface area (Å²) < 4.78 is 41.6. The summed E-state index contributed by atoms with van der Waals surface area (Å²) in [7, 11) is 0. The molecule has 6 heteroatoms. The third kappa shape index (κ3) is 2.72. The highest BCUT2D eigenvalue weighted by Gasteiger charge is 2.13. The minimum absolute atomic E-state index is 0.160. The van der Waals surface area contributed by atoms with E-state index in [4.69, 9.17) is 0 Å². The molecule has 2 heterocycles. The van der Waals surface area contributed by atoms with Crippen LogP contribution in [0.1, 0.15) is 0 Å². The molecule has 0 radical (unpaired) electrons. The first kappa shape index (κ1) is 11.4. The molecule has 0 aliphatic rings. The van der Waals surface area contributed by atoms with Crippen LogP contribution >= 0.6 is 0 Å². The molecule has 0 saturated carbocycles. The Bertz CT molecular complexity index is 505. The van der Waals surface area contributed by atoms with Gasteiger partial charge in [0.15, 0.2) is 0 Å². The highest BCUT2D eigenvalue weighted by atomic mass is 19.3. The van der Waals surface area contributed by atoms with Gasteiger partial charge in [0.25, 0.3) is 0 Å². The van der Waals surface area contributed by atoms with E-state index in [1.807, 2.05) is 0 Å². The molecule has 0 amide bonds. The average Bonchev–Trinajstić information content (AvgIpc) is 2.32. The molecule has 2 aromatic heterocycles. The van der Waals surface area contributed by atoms with Crippen molar-refractivity contribution >= 4 is 0 Å². The molecule has 0 bridgehead atoms. The minimum atomic E-state index is -3.01. The molecule has 17 heavy (non-hydrogen) atoms. The van der Waals surface area contributed by atoms with E-state index < -0.39 is 12.4 Å². The quantitative estimate of drug-likeness (QED) is 0.827. The van der Waals surface area contributed by atoms with Crippen LogP contribution in [0.2, 0.25) is 0 Å². The van der Waals surface area contributed by atoms with Gasteiger partial charge in [0.1, 0.15) is 5.82 Å². The van der Waals surface area contributed by atoms with E-state index in [-0.39, 0.29) is 11.4 Å². The Kier molecular flexibility index (Phi) is 3.22. The van der Waals surface area contributed by atoms with Crippen LogP contribution in [0.15, 0.2) is 36.8 Å². The van der Waals surface area contributed by atoms with Gasteiger partial charge in [-0.15, -0.1) is 0 Å². The number of hydrogen-bond donors (Lipinski definition) is 0. The Labute approximate surface area is 94.9 Å². The van der Waals surface area contributed by atoms with Crippen molar-refractivity contribution in [3.63, 3.8) is 0 Å². The maximum atomic E-state index is 13.0. The lowest BCUT2D eigenvalue weighted by Crippen LogP contribution is -2.05. The standard InChI is InChI=1S/C11H7F3N2O/c12-8-5-9(7-1-3-15-4-2-7)10(16-6-8)17-11(13)14/h1-6,11H. The molecule has 0 saturated heterocycles. The van der Waals surface area contributed by atoms with Crippen molar-refractivity contribution in [2.75, 3.05) is 0 Å². The Balaban J connectivity index is 2.47. The van der Waals surface area contributed by atoms with Gasteiger partial charge in [-0.1, -0.05) is 0 Å². The van der Waals surface area contributed by atoms with Crippen LogP contribution in [0.25, 0.3) is 11.1 Å². The van der Waals surface area contributed by atoms with Crippen molar-refractivity contribution in [1.82, 2.24) is 9.97 Å². The van der Waals surface area contributed by atoms with Gasteiger partial charge in [-0.3, -0.25) is 4.98 Å². The number of halogens is 3. The Morgan fingerprint density at radius 1 is 1.18 bits per heavy atom. The molecule has 0 aliphatic heterocycles. The summed E-state index contributed by atoms with van der Waals surface area (Å²) in [6.45, 7) is -3.01. The molecule has 0 N–H and O–H groups in total.